The molecule has 11 heteroatoms. The summed E-state index contributed by atoms with van der Waals surface area (Å²) in [4.78, 5) is 18.7. The summed E-state index contributed by atoms with van der Waals surface area (Å²) in [5, 5.41) is 6.50. The molecule has 162 valence electrons. The van der Waals surface area contributed by atoms with E-state index in [1.54, 1.807) is 19.4 Å². The molecule has 1 aromatic heterocycles. The number of rotatable bonds is 6. The lowest BCUT2D eigenvalue weighted by Crippen LogP contribution is -2.50. The number of aromatic nitrogens is 2. The molecule has 0 bridgehead atoms. The maximum absolute atomic E-state index is 12.5. The van der Waals surface area contributed by atoms with Gasteiger partial charge in [0.1, 0.15) is 0 Å². The minimum Gasteiger partial charge on any atom is -0.355 e. The van der Waals surface area contributed by atoms with Crippen molar-refractivity contribution in [2.75, 3.05) is 70.9 Å². The predicted octanol–water partition coefficient (Wildman–Crippen LogP) is 0.400. The van der Waals surface area contributed by atoms with Crippen molar-refractivity contribution in [3.8, 4) is 0 Å². The predicted molar refractivity (Wildman–Crippen MR) is 106 cm³/mol. The second-order valence-corrected chi connectivity index (χ2v) is 7.36. The summed E-state index contributed by atoms with van der Waals surface area (Å²) >= 11 is 0. The van der Waals surface area contributed by atoms with E-state index >= 15 is 0 Å². The van der Waals surface area contributed by atoms with Crippen LogP contribution in [0.15, 0.2) is 23.5 Å². The standard InChI is InChI=1S/C18H29F3N8/c1-22-16(26-15-3-7-28(13-15)14-18(19,20)21)23-6-8-27-9-11-29(12-10-27)17-24-4-2-5-25-17/h2,4-5,15H,3,6-14H2,1H3,(H2,22,23,26). The fourth-order valence-electron chi connectivity index (χ4n) is 3.69. The maximum Gasteiger partial charge on any atom is 0.401 e. The van der Waals surface area contributed by atoms with E-state index in [1.165, 1.54) is 4.90 Å². The van der Waals surface area contributed by atoms with Gasteiger partial charge in [-0.05, 0) is 12.5 Å². The number of nitrogens with one attached hydrogen (secondary N) is 2. The van der Waals surface area contributed by atoms with Crippen LogP contribution in [0.3, 0.4) is 0 Å². The third kappa shape index (κ3) is 7.00. The van der Waals surface area contributed by atoms with E-state index in [-0.39, 0.29) is 6.04 Å². The fourth-order valence-corrected chi connectivity index (χ4v) is 3.69. The molecule has 0 aromatic carbocycles. The molecule has 2 aliphatic rings. The molecule has 0 radical (unpaired) electrons. The highest BCUT2D eigenvalue weighted by Gasteiger charge is 2.34. The van der Waals surface area contributed by atoms with E-state index in [4.69, 9.17) is 0 Å². The summed E-state index contributed by atoms with van der Waals surface area (Å²) in [5.74, 6) is 1.41. The van der Waals surface area contributed by atoms with Crippen LogP contribution in [0.1, 0.15) is 6.42 Å². The van der Waals surface area contributed by atoms with E-state index in [0.29, 0.717) is 25.5 Å². The molecule has 0 aliphatic carbocycles. The number of guanidine groups is 1. The van der Waals surface area contributed by atoms with Gasteiger partial charge in [0.25, 0.3) is 0 Å². The molecule has 2 N–H and O–H groups in total. The van der Waals surface area contributed by atoms with Gasteiger partial charge in [-0.15, -0.1) is 0 Å². The molecule has 3 heterocycles. The summed E-state index contributed by atoms with van der Waals surface area (Å²) < 4.78 is 37.5. The number of piperazine rings is 1. The molecule has 1 atom stereocenters. The second-order valence-electron chi connectivity index (χ2n) is 7.36. The van der Waals surface area contributed by atoms with Crippen LogP contribution in [0.4, 0.5) is 19.1 Å². The molecular weight excluding hydrogens is 385 g/mol. The second kappa shape index (κ2) is 10.1. The Bertz CT molecular complexity index is 646. The lowest BCUT2D eigenvalue weighted by atomic mass is 10.3. The molecule has 1 unspecified atom stereocenters. The number of hydrogen-bond donors (Lipinski definition) is 2. The lowest BCUT2D eigenvalue weighted by Gasteiger charge is -2.34. The van der Waals surface area contributed by atoms with Crippen LogP contribution in [0.5, 0.6) is 0 Å². The Morgan fingerprint density at radius 1 is 1.14 bits per heavy atom. The average Bonchev–Trinajstić information content (AvgIpc) is 3.13. The summed E-state index contributed by atoms with van der Waals surface area (Å²) in [5.41, 5.74) is 0. The summed E-state index contributed by atoms with van der Waals surface area (Å²) in [6.45, 7) is 5.20. The maximum atomic E-state index is 12.5. The molecule has 2 fully saturated rings. The van der Waals surface area contributed by atoms with Crippen molar-refractivity contribution in [1.29, 1.82) is 0 Å². The first-order chi connectivity index (χ1) is 13.9. The minimum absolute atomic E-state index is 0.0158. The molecule has 8 nitrogen and oxygen atoms in total. The van der Waals surface area contributed by atoms with E-state index in [0.717, 1.165) is 45.2 Å². The Balaban J connectivity index is 1.33. The van der Waals surface area contributed by atoms with Gasteiger partial charge in [0.2, 0.25) is 5.95 Å². The van der Waals surface area contributed by atoms with Gasteiger partial charge in [-0.1, -0.05) is 0 Å². The fraction of sp³-hybridized carbons (Fsp3) is 0.722. The van der Waals surface area contributed by atoms with Crippen LogP contribution in [0.2, 0.25) is 0 Å². The topological polar surface area (TPSA) is 71.9 Å². The highest BCUT2D eigenvalue weighted by atomic mass is 19.4. The van der Waals surface area contributed by atoms with Gasteiger partial charge in [0.05, 0.1) is 6.54 Å². The normalized spacial score (nSPS) is 22.1. The first kappa shape index (κ1) is 21.6. The zero-order valence-corrected chi connectivity index (χ0v) is 16.7. The van der Waals surface area contributed by atoms with Gasteiger partial charge >= 0.3 is 6.18 Å². The van der Waals surface area contributed by atoms with Crippen LogP contribution >= 0.6 is 0 Å². The minimum atomic E-state index is -4.15. The Morgan fingerprint density at radius 2 is 1.86 bits per heavy atom. The average molecular weight is 414 g/mol. The largest absolute Gasteiger partial charge is 0.401 e. The van der Waals surface area contributed by atoms with Crippen LogP contribution in [-0.2, 0) is 0 Å². The van der Waals surface area contributed by atoms with Crippen molar-refractivity contribution < 1.29 is 13.2 Å². The molecule has 3 rings (SSSR count). The van der Waals surface area contributed by atoms with E-state index in [1.807, 2.05) is 6.07 Å². The van der Waals surface area contributed by atoms with Gasteiger partial charge in [0, 0.05) is 77.8 Å². The zero-order valence-electron chi connectivity index (χ0n) is 16.7. The summed E-state index contributed by atoms with van der Waals surface area (Å²) in [7, 11) is 1.68. The molecule has 29 heavy (non-hydrogen) atoms. The smallest absolute Gasteiger partial charge is 0.355 e. The number of anilines is 1. The first-order valence-electron chi connectivity index (χ1n) is 9.93. The Kier molecular flexibility index (Phi) is 7.48. The summed E-state index contributed by atoms with van der Waals surface area (Å²) in [6, 6.07) is 1.80. The van der Waals surface area contributed by atoms with Crippen molar-refractivity contribution in [3.05, 3.63) is 18.5 Å². The summed E-state index contributed by atoms with van der Waals surface area (Å²) in [6.07, 6.45) is 0.0413. The van der Waals surface area contributed by atoms with Crippen molar-refractivity contribution >= 4 is 11.9 Å². The molecule has 0 saturated carbocycles. The molecule has 0 amide bonds. The van der Waals surface area contributed by atoms with Crippen LogP contribution in [0, 0.1) is 0 Å². The molecular formula is C18H29F3N8. The van der Waals surface area contributed by atoms with Gasteiger partial charge in [0.15, 0.2) is 5.96 Å². The first-order valence-corrected chi connectivity index (χ1v) is 9.93. The molecule has 2 aliphatic heterocycles. The molecule has 2 saturated heterocycles. The van der Waals surface area contributed by atoms with E-state index in [2.05, 4.69) is 35.4 Å². The van der Waals surface area contributed by atoms with Crippen LogP contribution in [0.25, 0.3) is 0 Å². The molecule has 1 aromatic rings. The van der Waals surface area contributed by atoms with E-state index in [9.17, 15) is 13.2 Å². The number of likely N-dealkylation sites (tertiary alicyclic amines) is 1. The highest BCUT2D eigenvalue weighted by molar-refractivity contribution is 5.80. The zero-order chi connectivity index (χ0) is 20.7. The van der Waals surface area contributed by atoms with Gasteiger partial charge in [-0.3, -0.25) is 14.8 Å². The monoisotopic (exact) mass is 414 g/mol. The molecule has 0 spiro atoms. The van der Waals surface area contributed by atoms with Gasteiger partial charge < -0.3 is 15.5 Å². The van der Waals surface area contributed by atoms with Gasteiger partial charge in [-0.25, -0.2) is 9.97 Å². The Hall–Kier alpha value is -2.14. The van der Waals surface area contributed by atoms with Crippen molar-refractivity contribution in [1.82, 2.24) is 30.4 Å². The lowest BCUT2D eigenvalue weighted by molar-refractivity contribution is -0.143. The number of aliphatic imine (C=N–C) groups is 1. The van der Waals surface area contributed by atoms with Crippen molar-refractivity contribution in [3.63, 3.8) is 0 Å². The SMILES string of the molecule is CN=C(NCCN1CCN(c2ncccn2)CC1)NC1CCN(CC(F)(F)F)C1. The van der Waals surface area contributed by atoms with Crippen molar-refractivity contribution in [2.45, 2.75) is 18.6 Å². The van der Waals surface area contributed by atoms with Gasteiger partial charge in [-0.2, -0.15) is 13.2 Å². The third-order valence-corrected chi connectivity index (χ3v) is 5.17. The quantitative estimate of drug-likeness (QED) is 0.516. The van der Waals surface area contributed by atoms with Crippen molar-refractivity contribution in [2.24, 2.45) is 4.99 Å². The number of alkyl halides is 3. The number of halogens is 3. The number of nitrogens with zero attached hydrogens (tertiary/aromatic N) is 6. The van der Waals surface area contributed by atoms with E-state index < -0.39 is 12.7 Å². The third-order valence-electron chi connectivity index (χ3n) is 5.17. The Labute approximate surface area is 169 Å². The van der Waals surface area contributed by atoms with Crippen LogP contribution < -0.4 is 15.5 Å². The highest BCUT2D eigenvalue weighted by Crippen LogP contribution is 2.19. The number of hydrogen-bond acceptors (Lipinski definition) is 6. The Morgan fingerprint density at radius 3 is 2.52 bits per heavy atom. The van der Waals surface area contributed by atoms with Crippen LogP contribution in [-0.4, -0.2) is 104 Å².